The van der Waals surface area contributed by atoms with Gasteiger partial charge in [-0.05, 0) is 74.4 Å². The van der Waals surface area contributed by atoms with Crippen LogP contribution in [0.4, 0.5) is 10.1 Å². The van der Waals surface area contributed by atoms with E-state index in [1.807, 2.05) is 16.9 Å². The average Bonchev–Trinajstić information content (AvgIpc) is 3.71. The molecule has 3 fully saturated rings. The number of hydrogen-bond acceptors (Lipinski definition) is 10. The predicted molar refractivity (Wildman–Crippen MR) is 188 cm³/mol. The number of carbonyl (C=O) groups is 2. The standard InChI is InChI=1S/C35H41ClFN5O8S/c1-39(2)51(46,47)38-33(43)26-6-5-25(30(37)32(26)49-22-14-19-13-20(19)15-22)34(44)42-10-9-23-24-7-8-28(29(36)31(24)50-35(45)27(23)17-42)41-12-11-40(3)21(16-41)18-48-4/h5-8,19-22H,9-18H2,1-4H3,(H,38,43)/t19-,20+,21-,22?/m1/s1. The number of fused-ring (bicyclic) bond motifs is 4. The van der Waals surface area contributed by atoms with Gasteiger partial charge in [-0.1, -0.05) is 11.6 Å². The summed E-state index contributed by atoms with van der Waals surface area (Å²) < 4.78 is 61.1. The number of benzene rings is 2. The highest BCUT2D eigenvalue weighted by Gasteiger charge is 2.47. The summed E-state index contributed by atoms with van der Waals surface area (Å²) in [4.78, 5) is 46.2. The molecular formula is C35H41ClFN5O8S. The van der Waals surface area contributed by atoms with Gasteiger partial charge in [0.1, 0.15) is 5.02 Å². The molecule has 13 nitrogen and oxygen atoms in total. The van der Waals surface area contributed by atoms with Crippen LogP contribution in [0.3, 0.4) is 0 Å². The van der Waals surface area contributed by atoms with E-state index in [0.29, 0.717) is 60.2 Å². The first-order valence-corrected chi connectivity index (χ1v) is 18.8. The molecule has 2 aliphatic heterocycles. The zero-order chi connectivity index (χ0) is 36.4. The summed E-state index contributed by atoms with van der Waals surface area (Å²) in [5.74, 6) is -2.37. The van der Waals surface area contributed by atoms with Crippen LogP contribution in [0.5, 0.6) is 5.75 Å². The Morgan fingerprint density at radius 2 is 1.78 bits per heavy atom. The second-order valence-electron chi connectivity index (χ2n) is 14.1. The Kier molecular flexibility index (Phi) is 9.54. The van der Waals surface area contributed by atoms with Gasteiger partial charge in [-0.15, -0.1) is 0 Å². The van der Waals surface area contributed by atoms with E-state index in [0.717, 1.165) is 35.6 Å². The van der Waals surface area contributed by atoms with E-state index in [4.69, 9.17) is 25.5 Å². The number of likely N-dealkylation sites (N-methyl/N-ethyl adjacent to an activating group) is 1. The van der Waals surface area contributed by atoms with Crippen LogP contribution in [0, 0.1) is 17.7 Å². The third-order valence-corrected chi connectivity index (χ3v) is 12.5. The molecule has 2 aliphatic carbocycles. The maximum atomic E-state index is 16.3. The van der Waals surface area contributed by atoms with Crippen LogP contribution in [-0.4, -0.2) is 108 Å². The van der Waals surface area contributed by atoms with Crippen LogP contribution >= 0.6 is 11.6 Å². The van der Waals surface area contributed by atoms with Gasteiger partial charge in [-0.2, -0.15) is 12.7 Å². The van der Waals surface area contributed by atoms with Crippen LogP contribution in [0.1, 0.15) is 51.1 Å². The number of nitrogens with one attached hydrogen (secondary N) is 1. The summed E-state index contributed by atoms with van der Waals surface area (Å²) in [6.07, 6.45) is 2.36. The molecule has 7 rings (SSSR count). The van der Waals surface area contributed by atoms with Gasteiger partial charge in [0.15, 0.2) is 17.1 Å². The average molecular weight is 746 g/mol. The molecule has 51 heavy (non-hydrogen) atoms. The van der Waals surface area contributed by atoms with Crippen molar-refractivity contribution in [2.45, 2.75) is 44.4 Å². The zero-order valence-corrected chi connectivity index (χ0v) is 30.5. The molecule has 0 spiro atoms. The third kappa shape index (κ3) is 6.70. The topological polar surface area (TPSA) is 142 Å². The van der Waals surface area contributed by atoms with Gasteiger partial charge in [0, 0.05) is 52.8 Å². The van der Waals surface area contributed by atoms with Gasteiger partial charge in [-0.25, -0.2) is 13.9 Å². The molecule has 2 saturated carbocycles. The van der Waals surface area contributed by atoms with E-state index in [-0.39, 0.29) is 47.5 Å². The Labute approximate surface area is 300 Å². The van der Waals surface area contributed by atoms with Crippen molar-refractivity contribution >= 4 is 50.3 Å². The SMILES string of the molecule is COC[C@H]1CN(c2ccc3c4c(c(=O)oc3c2Cl)CN(C(=O)c2ccc(C(=O)NS(=O)(=O)N(C)C)c(OC3C[C@@H]5C[C@@H]5C3)c2F)CC4)CCN1C. The number of hydrogen-bond donors (Lipinski definition) is 1. The van der Waals surface area contributed by atoms with E-state index >= 15 is 4.39 Å². The summed E-state index contributed by atoms with van der Waals surface area (Å²) in [7, 11) is 2.03. The number of rotatable bonds is 9. The quantitative estimate of drug-likeness (QED) is 0.325. The van der Waals surface area contributed by atoms with Crippen molar-refractivity contribution in [2.24, 2.45) is 11.8 Å². The Morgan fingerprint density at radius 3 is 2.49 bits per heavy atom. The number of anilines is 1. The van der Waals surface area contributed by atoms with Gasteiger partial charge in [-0.3, -0.25) is 14.5 Å². The first kappa shape index (κ1) is 35.6. The first-order chi connectivity index (χ1) is 24.3. The number of piperazine rings is 1. The second kappa shape index (κ2) is 13.7. The van der Waals surface area contributed by atoms with Gasteiger partial charge < -0.3 is 23.7 Å². The van der Waals surface area contributed by atoms with Gasteiger partial charge in [0.05, 0.1) is 47.7 Å². The maximum absolute atomic E-state index is 16.3. The molecule has 0 bridgehead atoms. The molecule has 16 heteroatoms. The van der Waals surface area contributed by atoms with Crippen molar-refractivity contribution in [1.29, 1.82) is 0 Å². The third-order valence-electron chi connectivity index (χ3n) is 10.7. The molecule has 4 atom stereocenters. The number of methoxy groups -OCH3 is 1. The van der Waals surface area contributed by atoms with E-state index in [9.17, 15) is 22.8 Å². The lowest BCUT2D eigenvalue weighted by Crippen LogP contribution is -2.53. The van der Waals surface area contributed by atoms with E-state index in [2.05, 4.69) is 16.8 Å². The molecular weight excluding hydrogens is 705 g/mol. The molecule has 4 aliphatic rings. The number of ether oxygens (including phenoxy) is 2. The van der Waals surface area contributed by atoms with Crippen molar-refractivity contribution in [2.75, 3.05) is 65.9 Å². The molecule has 1 aromatic heterocycles. The molecule has 3 heterocycles. The van der Waals surface area contributed by atoms with E-state index < -0.39 is 39.2 Å². The fraction of sp³-hybridized carbons (Fsp3) is 0.514. The normalized spacial score (nSPS) is 23.4. The fourth-order valence-corrected chi connectivity index (χ4v) is 8.46. The lowest BCUT2D eigenvalue weighted by molar-refractivity contribution is 0.0725. The number of halogens is 2. The Hall–Kier alpha value is -3.76. The minimum atomic E-state index is -4.19. The van der Waals surface area contributed by atoms with Crippen LogP contribution in [0.2, 0.25) is 5.02 Å². The summed E-state index contributed by atoms with van der Waals surface area (Å²) in [5.41, 5.74) is 0.693. The van der Waals surface area contributed by atoms with Crippen molar-refractivity contribution in [3.63, 3.8) is 0 Å². The molecule has 0 radical (unpaired) electrons. The summed E-state index contributed by atoms with van der Waals surface area (Å²) in [6.45, 7) is 2.84. The van der Waals surface area contributed by atoms with Gasteiger partial charge in [0.2, 0.25) is 0 Å². The first-order valence-electron chi connectivity index (χ1n) is 17.0. The van der Waals surface area contributed by atoms with Crippen molar-refractivity contribution in [1.82, 2.24) is 18.8 Å². The smallest absolute Gasteiger partial charge is 0.341 e. The number of nitrogens with zero attached hydrogens (tertiary/aromatic N) is 4. The minimum absolute atomic E-state index is 0.131. The highest BCUT2D eigenvalue weighted by atomic mass is 35.5. The largest absolute Gasteiger partial charge is 0.486 e. The molecule has 1 saturated heterocycles. The Morgan fingerprint density at radius 1 is 1.06 bits per heavy atom. The number of carbonyl (C=O) groups excluding carboxylic acids is 2. The van der Waals surface area contributed by atoms with E-state index in [1.165, 1.54) is 25.1 Å². The van der Waals surface area contributed by atoms with Gasteiger partial charge >= 0.3 is 15.8 Å². The summed E-state index contributed by atoms with van der Waals surface area (Å²) >= 11 is 6.90. The number of amides is 2. The van der Waals surface area contributed by atoms with Crippen LogP contribution < -0.4 is 20.0 Å². The Balaban J connectivity index is 1.16. The molecule has 1 unspecified atom stereocenters. The molecule has 2 aromatic carbocycles. The highest BCUT2D eigenvalue weighted by Crippen LogP contribution is 2.53. The highest BCUT2D eigenvalue weighted by molar-refractivity contribution is 7.87. The molecule has 274 valence electrons. The van der Waals surface area contributed by atoms with Crippen molar-refractivity contribution < 1.29 is 36.3 Å². The minimum Gasteiger partial charge on any atom is -0.486 e. The summed E-state index contributed by atoms with van der Waals surface area (Å²) in [6, 6.07) is 6.31. The van der Waals surface area contributed by atoms with Crippen LogP contribution in [0.15, 0.2) is 33.5 Å². The second-order valence-corrected chi connectivity index (χ2v) is 16.4. The monoisotopic (exact) mass is 745 g/mol. The lowest BCUT2D eigenvalue weighted by atomic mass is 9.96. The van der Waals surface area contributed by atoms with Crippen molar-refractivity contribution in [3.05, 3.63) is 67.8 Å². The lowest BCUT2D eigenvalue weighted by Gasteiger charge is -2.40. The van der Waals surface area contributed by atoms with Crippen LogP contribution in [-0.2, 0) is 27.9 Å². The maximum Gasteiger partial charge on any atom is 0.341 e. The van der Waals surface area contributed by atoms with Crippen molar-refractivity contribution in [3.8, 4) is 5.75 Å². The summed E-state index contributed by atoms with van der Waals surface area (Å²) in [5, 5.41) is 1.01. The molecule has 1 N–H and O–H groups in total. The molecule has 2 amide bonds. The Bertz CT molecular complexity index is 2070. The molecule has 3 aromatic rings. The predicted octanol–water partition coefficient (Wildman–Crippen LogP) is 3.26. The van der Waals surface area contributed by atoms with Gasteiger partial charge in [0.25, 0.3) is 11.8 Å². The fourth-order valence-electron chi connectivity index (χ4n) is 7.61. The zero-order valence-electron chi connectivity index (χ0n) is 28.9. The van der Waals surface area contributed by atoms with Crippen LogP contribution in [0.25, 0.3) is 11.0 Å². The van der Waals surface area contributed by atoms with E-state index in [1.54, 1.807) is 7.11 Å².